The van der Waals surface area contributed by atoms with Gasteiger partial charge in [0.05, 0.1) is 11.0 Å². The van der Waals surface area contributed by atoms with Crippen molar-refractivity contribution in [2.45, 2.75) is 19.9 Å². The highest BCUT2D eigenvalue weighted by Crippen LogP contribution is 2.24. The number of aromatic amines is 2. The number of benzene rings is 1. The molecule has 1 aromatic carbocycles. The van der Waals surface area contributed by atoms with E-state index in [0.717, 1.165) is 37.1 Å². The first-order valence-corrected chi connectivity index (χ1v) is 6.18. The number of H-pyrrole nitrogens is 2. The molecule has 0 unspecified atom stereocenters. The van der Waals surface area contributed by atoms with Gasteiger partial charge in [0.15, 0.2) is 0 Å². The van der Waals surface area contributed by atoms with Crippen molar-refractivity contribution in [1.29, 1.82) is 0 Å². The largest absolute Gasteiger partial charge is 0.316 e. The van der Waals surface area contributed by atoms with Crippen molar-refractivity contribution < 1.29 is 0 Å². The van der Waals surface area contributed by atoms with Gasteiger partial charge in [0, 0.05) is 13.1 Å². The molecule has 0 bridgehead atoms. The molecule has 2 N–H and O–H groups in total. The Hall–Kier alpha value is -1.88. The van der Waals surface area contributed by atoms with Crippen molar-refractivity contribution >= 4 is 11.0 Å². The number of nitrogens with one attached hydrogen (secondary N) is 2. The molecule has 2 heterocycles. The lowest BCUT2D eigenvalue weighted by atomic mass is 9.98. The van der Waals surface area contributed by atoms with Gasteiger partial charge in [-0.3, -0.25) is 14.5 Å². The molecule has 0 spiro atoms. The molecule has 0 aliphatic carbocycles. The van der Waals surface area contributed by atoms with Crippen molar-refractivity contribution in [2.75, 3.05) is 13.1 Å². The third-order valence-corrected chi connectivity index (χ3v) is 3.63. The molecule has 1 aromatic heterocycles. The van der Waals surface area contributed by atoms with E-state index in [9.17, 15) is 9.59 Å². The molecule has 2 aromatic rings. The van der Waals surface area contributed by atoms with Gasteiger partial charge in [-0.2, -0.15) is 0 Å². The second-order valence-electron chi connectivity index (χ2n) is 4.65. The Bertz CT molecular complexity index is 714. The summed E-state index contributed by atoms with van der Waals surface area (Å²) in [6.45, 7) is 4.98. The minimum atomic E-state index is -0.592. The van der Waals surface area contributed by atoms with Crippen molar-refractivity contribution in [1.82, 2.24) is 14.9 Å². The average molecular weight is 245 g/mol. The summed E-state index contributed by atoms with van der Waals surface area (Å²) >= 11 is 0. The van der Waals surface area contributed by atoms with E-state index in [0.29, 0.717) is 5.52 Å². The normalized spacial score (nSPS) is 15.8. The molecule has 5 heteroatoms. The Morgan fingerprint density at radius 2 is 2.00 bits per heavy atom. The zero-order valence-electron chi connectivity index (χ0n) is 10.2. The van der Waals surface area contributed by atoms with Crippen LogP contribution in [0, 0.1) is 0 Å². The lowest BCUT2D eigenvalue weighted by Gasteiger charge is -2.28. The summed E-state index contributed by atoms with van der Waals surface area (Å²) in [5.74, 6) is 0. The molecule has 5 nitrogen and oxygen atoms in total. The molecule has 18 heavy (non-hydrogen) atoms. The van der Waals surface area contributed by atoms with Gasteiger partial charge in [-0.25, -0.2) is 0 Å². The first-order valence-electron chi connectivity index (χ1n) is 6.18. The second-order valence-corrected chi connectivity index (χ2v) is 4.65. The van der Waals surface area contributed by atoms with Gasteiger partial charge in [0.2, 0.25) is 0 Å². The minimum absolute atomic E-state index is 0.579. The highest BCUT2D eigenvalue weighted by Gasteiger charge is 2.18. The standard InChI is InChI=1S/C13H15N3O2/c1-2-16-6-5-8-3-4-10-11(9(8)7-16)15-13(18)12(17)14-10/h3-4H,2,5-7H2,1H3,(H,14,17)(H,15,18). The summed E-state index contributed by atoms with van der Waals surface area (Å²) in [5, 5.41) is 0. The number of aromatic nitrogens is 2. The topological polar surface area (TPSA) is 69.0 Å². The summed E-state index contributed by atoms with van der Waals surface area (Å²) in [6.07, 6.45) is 0.986. The Morgan fingerprint density at radius 1 is 1.22 bits per heavy atom. The third kappa shape index (κ3) is 1.67. The minimum Gasteiger partial charge on any atom is -0.316 e. The van der Waals surface area contributed by atoms with Crippen LogP contribution in [-0.2, 0) is 13.0 Å². The molecule has 0 fully saturated rings. The van der Waals surface area contributed by atoms with Gasteiger partial charge in [0.1, 0.15) is 0 Å². The molecular weight excluding hydrogens is 230 g/mol. The fourth-order valence-electron chi connectivity index (χ4n) is 2.55. The van der Waals surface area contributed by atoms with E-state index in [-0.39, 0.29) is 0 Å². The molecule has 0 saturated heterocycles. The Morgan fingerprint density at radius 3 is 2.78 bits per heavy atom. The quantitative estimate of drug-likeness (QED) is 0.723. The highest BCUT2D eigenvalue weighted by atomic mass is 16.2. The summed E-state index contributed by atoms with van der Waals surface area (Å²) < 4.78 is 0. The summed E-state index contributed by atoms with van der Waals surface area (Å²) in [6, 6.07) is 3.91. The SMILES string of the molecule is CCN1CCc2ccc3[nH]c(=O)c(=O)[nH]c3c2C1. The van der Waals surface area contributed by atoms with Gasteiger partial charge < -0.3 is 9.97 Å². The van der Waals surface area contributed by atoms with Crippen molar-refractivity contribution in [3.63, 3.8) is 0 Å². The molecule has 0 amide bonds. The van der Waals surface area contributed by atoms with Gasteiger partial charge in [-0.05, 0) is 30.2 Å². The van der Waals surface area contributed by atoms with Crippen molar-refractivity contribution in [3.8, 4) is 0 Å². The van der Waals surface area contributed by atoms with Crippen LogP contribution in [0.1, 0.15) is 18.1 Å². The second kappa shape index (κ2) is 4.10. The molecule has 0 saturated carbocycles. The van der Waals surface area contributed by atoms with Gasteiger partial charge in [-0.1, -0.05) is 13.0 Å². The molecule has 0 radical (unpaired) electrons. The van der Waals surface area contributed by atoms with Crippen LogP contribution < -0.4 is 11.1 Å². The number of hydrogen-bond donors (Lipinski definition) is 2. The number of nitrogens with zero attached hydrogens (tertiary/aromatic N) is 1. The molecule has 3 rings (SSSR count). The third-order valence-electron chi connectivity index (χ3n) is 3.63. The van der Waals surface area contributed by atoms with E-state index >= 15 is 0 Å². The van der Waals surface area contributed by atoms with Crippen LogP contribution in [0.3, 0.4) is 0 Å². The molecular formula is C13H15N3O2. The van der Waals surface area contributed by atoms with Crippen LogP contribution >= 0.6 is 0 Å². The molecule has 0 atom stereocenters. The van der Waals surface area contributed by atoms with Crippen LogP contribution in [-0.4, -0.2) is 28.0 Å². The predicted molar refractivity (Wildman–Crippen MR) is 69.8 cm³/mol. The number of likely N-dealkylation sites (N-methyl/N-ethyl adjacent to an activating group) is 1. The Labute approximate surface area is 103 Å². The van der Waals surface area contributed by atoms with Crippen LogP contribution in [0.5, 0.6) is 0 Å². The van der Waals surface area contributed by atoms with Gasteiger partial charge >= 0.3 is 11.1 Å². The monoisotopic (exact) mass is 245 g/mol. The van der Waals surface area contributed by atoms with Crippen LogP contribution in [0.4, 0.5) is 0 Å². The highest BCUT2D eigenvalue weighted by molar-refractivity contribution is 5.79. The maximum atomic E-state index is 11.5. The predicted octanol–water partition coefficient (Wildman–Crippen LogP) is 0.594. The van der Waals surface area contributed by atoms with E-state index in [1.54, 1.807) is 0 Å². The zero-order chi connectivity index (χ0) is 12.7. The molecule has 1 aliphatic heterocycles. The summed E-state index contributed by atoms with van der Waals surface area (Å²) in [4.78, 5) is 30.4. The average Bonchev–Trinajstić information content (AvgIpc) is 2.39. The van der Waals surface area contributed by atoms with E-state index in [4.69, 9.17) is 0 Å². The van der Waals surface area contributed by atoms with Crippen molar-refractivity contribution in [2.24, 2.45) is 0 Å². The lowest BCUT2D eigenvalue weighted by Crippen LogP contribution is -2.33. The van der Waals surface area contributed by atoms with E-state index < -0.39 is 11.1 Å². The zero-order valence-corrected chi connectivity index (χ0v) is 10.2. The van der Waals surface area contributed by atoms with Crippen molar-refractivity contribution in [3.05, 3.63) is 44.0 Å². The summed E-state index contributed by atoms with van der Waals surface area (Å²) in [5.41, 5.74) is 2.70. The first kappa shape index (κ1) is 11.2. The van der Waals surface area contributed by atoms with Gasteiger partial charge in [-0.15, -0.1) is 0 Å². The maximum Gasteiger partial charge on any atom is 0.314 e. The lowest BCUT2D eigenvalue weighted by molar-refractivity contribution is 0.269. The van der Waals surface area contributed by atoms with Crippen LogP contribution in [0.15, 0.2) is 21.7 Å². The van der Waals surface area contributed by atoms with E-state index in [1.807, 2.05) is 12.1 Å². The number of rotatable bonds is 1. The number of hydrogen-bond acceptors (Lipinski definition) is 3. The van der Waals surface area contributed by atoms with Crippen LogP contribution in [0.2, 0.25) is 0 Å². The summed E-state index contributed by atoms with van der Waals surface area (Å²) in [7, 11) is 0. The van der Waals surface area contributed by atoms with Gasteiger partial charge in [0.25, 0.3) is 0 Å². The molecule has 1 aliphatic rings. The Kier molecular flexibility index (Phi) is 2.56. The number of fused-ring (bicyclic) bond motifs is 3. The fraction of sp³-hybridized carbons (Fsp3) is 0.385. The smallest absolute Gasteiger partial charge is 0.314 e. The van der Waals surface area contributed by atoms with Crippen LogP contribution in [0.25, 0.3) is 11.0 Å². The maximum absolute atomic E-state index is 11.5. The van der Waals surface area contributed by atoms with E-state index in [2.05, 4.69) is 21.8 Å². The Balaban J connectivity index is 2.28. The fourth-order valence-corrected chi connectivity index (χ4v) is 2.55. The first-order chi connectivity index (χ1) is 8.69. The van der Waals surface area contributed by atoms with E-state index in [1.165, 1.54) is 5.56 Å². The molecule has 94 valence electrons.